The first-order valence-electron chi connectivity index (χ1n) is 8.48. The van der Waals surface area contributed by atoms with Crippen molar-refractivity contribution in [1.29, 1.82) is 0 Å². The highest BCUT2D eigenvalue weighted by atomic mass is 16.6. The number of hydrogen-bond donors (Lipinski definition) is 0. The molecule has 4 aliphatic rings. The van der Waals surface area contributed by atoms with Crippen LogP contribution in [0.25, 0.3) is 0 Å². The summed E-state index contributed by atoms with van der Waals surface area (Å²) in [5.41, 5.74) is -0.160. The molecule has 0 heterocycles. The van der Waals surface area contributed by atoms with Crippen LogP contribution in [0.4, 0.5) is 0 Å². The fourth-order valence-electron chi connectivity index (χ4n) is 5.11. The zero-order valence-corrected chi connectivity index (χ0v) is 14.1. The summed E-state index contributed by atoms with van der Waals surface area (Å²) in [6.45, 7) is 7.47. The van der Waals surface area contributed by atoms with Crippen LogP contribution in [0, 0.1) is 11.8 Å². The Morgan fingerprint density at radius 2 is 1.65 bits per heavy atom. The molecule has 0 saturated heterocycles. The molecule has 5 heteroatoms. The number of carbonyl (C=O) groups excluding carboxylic acids is 2. The Morgan fingerprint density at radius 1 is 1.04 bits per heavy atom. The number of ether oxygens (including phenoxy) is 3. The molecule has 0 radical (unpaired) electrons. The molecule has 2 atom stereocenters. The van der Waals surface area contributed by atoms with Gasteiger partial charge < -0.3 is 14.2 Å². The van der Waals surface area contributed by atoms with Crippen LogP contribution in [0.2, 0.25) is 0 Å². The Balaban J connectivity index is 1.67. The number of hydrogen-bond acceptors (Lipinski definition) is 5. The van der Waals surface area contributed by atoms with Crippen molar-refractivity contribution in [1.82, 2.24) is 0 Å². The van der Waals surface area contributed by atoms with Crippen molar-refractivity contribution in [3.8, 4) is 0 Å². The predicted molar refractivity (Wildman–Crippen MR) is 83.6 cm³/mol. The highest BCUT2D eigenvalue weighted by Gasteiger charge is 2.60. The molecule has 4 aliphatic carbocycles. The van der Waals surface area contributed by atoms with Gasteiger partial charge in [-0.1, -0.05) is 6.58 Å². The van der Waals surface area contributed by atoms with E-state index in [2.05, 4.69) is 6.58 Å². The van der Waals surface area contributed by atoms with E-state index in [0.29, 0.717) is 24.0 Å². The molecule has 0 aliphatic heterocycles. The minimum atomic E-state index is -0.387. The van der Waals surface area contributed by atoms with E-state index < -0.39 is 0 Å². The van der Waals surface area contributed by atoms with E-state index in [4.69, 9.17) is 14.2 Å². The molecule has 4 bridgehead atoms. The molecule has 0 amide bonds. The fourth-order valence-corrected chi connectivity index (χ4v) is 5.11. The van der Waals surface area contributed by atoms with Crippen LogP contribution in [0.1, 0.15) is 52.4 Å². The highest BCUT2D eigenvalue weighted by Crippen LogP contribution is 2.60. The van der Waals surface area contributed by atoms with Crippen LogP contribution in [0.15, 0.2) is 12.2 Å². The summed E-state index contributed by atoms with van der Waals surface area (Å²) in [4.78, 5) is 22.9. The fraction of sp³-hybridized carbons (Fsp3) is 0.778. The third kappa shape index (κ3) is 3.44. The van der Waals surface area contributed by atoms with Gasteiger partial charge in [0.15, 0.2) is 0 Å². The van der Waals surface area contributed by atoms with E-state index in [1.807, 2.05) is 0 Å². The summed E-state index contributed by atoms with van der Waals surface area (Å²) >= 11 is 0. The van der Waals surface area contributed by atoms with Gasteiger partial charge in [0.25, 0.3) is 0 Å². The summed E-state index contributed by atoms with van der Waals surface area (Å²) < 4.78 is 17.0. The van der Waals surface area contributed by atoms with Gasteiger partial charge in [-0.3, -0.25) is 4.79 Å². The summed E-state index contributed by atoms with van der Waals surface area (Å²) in [6.07, 6.45) is 5.90. The van der Waals surface area contributed by atoms with Crippen molar-refractivity contribution in [3.05, 3.63) is 12.2 Å². The van der Waals surface area contributed by atoms with Gasteiger partial charge in [0, 0.05) is 18.9 Å². The van der Waals surface area contributed by atoms with Gasteiger partial charge in [0.2, 0.25) is 0 Å². The lowest BCUT2D eigenvalue weighted by atomic mass is 9.52. The van der Waals surface area contributed by atoms with Gasteiger partial charge in [-0.05, 0) is 50.9 Å². The van der Waals surface area contributed by atoms with E-state index >= 15 is 0 Å². The molecule has 0 aromatic carbocycles. The van der Waals surface area contributed by atoms with Crippen LogP contribution >= 0.6 is 0 Å². The second-order valence-corrected chi connectivity index (χ2v) is 7.69. The van der Waals surface area contributed by atoms with Crippen LogP contribution in [0.3, 0.4) is 0 Å². The summed E-state index contributed by atoms with van der Waals surface area (Å²) in [7, 11) is 0. The van der Waals surface area contributed by atoms with Gasteiger partial charge in [-0.15, -0.1) is 0 Å². The Labute approximate surface area is 137 Å². The molecule has 4 rings (SSSR count). The third-order valence-corrected chi connectivity index (χ3v) is 5.41. The lowest BCUT2D eigenvalue weighted by Crippen LogP contribution is -2.61. The topological polar surface area (TPSA) is 61.8 Å². The quantitative estimate of drug-likeness (QED) is 0.427. The van der Waals surface area contributed by atoms with Crippen LogP contribution in [-0.4, -0.2) is 36.4 Å². The number of carbonyl (C=O) groups is 2. The van der Waals surface area contributed by atoms with Crippen molar-refractivity contribution in [2.24, 2.45) is 11.8 Å². The van der Waals surface area contributed by atoms with E-state index in [1.165, 1.54) is 13.3 Å². The molecule has 128 valence electrons. The molecule has 0 spiro atoms. The summed E-state index contributed by atoms with van der Waals surface area (Å²) in [5.74, 6) is 0.541. The van der Waals surface area contributed by atoms with Gasteiger partial charge in [-0.2, -0.15) is 0 Å². The van der Waals surface area contributed by atoms with Crippen molar-refractivity contribution in [3.63, 3.8) is 0 Å². The molecule has 4 saturated carbocycles. The van der Waals surface area contributed by atoms with E-state index in [-0.39, 0.29) is 29.7 Å². The normalized spacial score (nSPS) is 37.5. The molecule has 0 aromatic heterocycles. The Morgan fingerprint density at radius 3 is 2.22 bits per heavy atom. The second-order valence-electron chi connectivity index (χ2n) is 7.69. The van der Waals surface area contributed by atoms with E-state index in [0.717, 1.165) is 32.1 Å². The highest BCUT2D eigenvalue weighted by molar-refractivity contribution is 5.87. The van der Waals surface area contributed by atoms with Gasteiger partial charge in [0.1, 0.15) is 12.2 Å². The van der Waals surface area contributed by atoms with Crippen molar-refractivity contribution in [2.75, 3.05) is 13.2 Å². The third-order valence-electron chi connectivity index (χ3n) is 5.41. The standard InChI is InChI=1S/C18H26O5/c1-12(2)16(20)23-18-9-14-6-15(10-18)8-17(7-14,11-18)22-5-4-21-13(3)19/h14-15H,1,4-11H2,2-3H3. The average molecular weight is 322 g/mol. The molecule has 0 aromatic rings. The first kappa shape index (κ1) is 16.5. The smallest absolute Gasteiger partial charge is 0.333 e. The largest absolute Gasteiger partial charge is 0.463 e. The van der Waals surface area contributed by atoms with Crippen molar-refractivity contribution >= 4 is 11.9 Å². The van der Waals surface area contributed by atoms with E-state index in [1.54, 1.807) is 6.92 Å². The van der Waals surface area contributed by atoms with Gasteiger partial charge >= 0.3 is 11.9 Å². The molecular weight excluding hydrogens is 296 g/mol. The molecule has 0 N–H and O–H groups in total. The zero-order valence-electron chi connectivity index (χ0n) is 14.1. The SMILES string of the molecule is C=C(C)C(=O)OC12CC3CC(CC(OCCOC(C)=O)(C3)C1)C2. The summed E-state index contributed by atoms with van der Waals surface area (Å²) in [6, 6.07) is 0. The first-order chi connectivity index (χ1) is 10.8. The maximum absolute atomic E-state index is 12.0. The minimum Gasteiger partial charge on any atom is -0.463 e. The Bertz CT molecular complexity index is 510. The predicted octanol–water partition coefficient (Wildman–Crippen LogP) is 2.78. The lowest BCUT2D eigenvalue weighted by molar-refractivity contribution is -0.234. The molecule has 23 heavy (non-hydrogen) atoms. The van der Waals surface area contributed by atoms with Crippen LogP contribution in [0.5, 0.6) is 0 Å². The minimum absolute atomic E-state index is 0.223. The van der Waals surface area contributed by atoms with Crippen LogP contribution < -0.4 is 0 Å². The molecule has 4 fully saturated rings. The van der Waals surface area contributed by atoms with Crippen LogP contribution in [-0.2, 0) is 23.8 Å². The molecule has 2 unspecified atom stereocenters. The number of rotatable bonds is 6. The van der Waals surface area contributed by atoms with Gasteiger partial charge in [0.05, 0.1) is 12.2 Å². The van der Waals surface area contributed by atoms with E-state index in [9.17, 15) is 9.59 Å². The summed E-state index contributed by atoms with van der Waals surface area (Å²) in [5, 5.41) is 0. The Kier molecular flexibility index (Phi) is 4.25. The maximum atomic E-state index is 12.0. The monoisotopic (exact) mass is 322 g/mol. The maximum Gasteiger partial charge on any atom is 0.333 e. The average Bonchev–Trinajstić information content (AvgIpc) is 2.41. The van der Waals surface area contributed by atoms with Crippen molar-refractivity contribution in [2.45, 2.75) is 63.6 Å². The molecular formula is C18H26O5. The zero-order chi connectivity index (χ0) is 16.7. The second kappa shape index (κ2) is 5.93. The lowest BCUT2D eigenvalue weighted by Gasteiger charge is -2.60. The number of esters is 2. The Hall–Kier alpha value is -1.36. The van der Waals surface area contributed by atoms with Gasteiger partial charge in [-0.25, -0.2) is 4.79 Å². The van der Waals surface area contributed by atoms with Crippen molar-refractivity contribution < 1.29 is 23.8 Å². The first-order valence-corrected chi connectivity index (χ1v) is 8.48. The molecule has 5 nitrogen and oxygen atoms in total.